The van der Waals surface area contributed by atoms with Crippen LogP contribution in [0.1, 0.15) is 0 Å². The first-order valence-electron chi connectivity index (χ1n) is 8.70. The lowest BCUT2D eigenvalue weighted by molar-refractivity contribution is 0.477. The Morgan fingerprint density at radius 2 is 1.42 bits per heavy atom. The largest absolute Gasteiger partial charge is 0.506 e. The number of phenolic OH excluding ortho intramolecular Hbond substituents is 1. The number of phenols is 1. The summed E-state index contributed by atoms with van der Waals surface area (Å²) < 4.78 is 66.0. The monoisotopic (exact) mass is 458 g/mol. The Morgan fingerprint density at radius 1 is 0.710 bits per heavy atom. The van der Waals surface area contributed by atoms with Crippen molar-refractivity contribution in [2.24, 2.45) is 10.2 Å². The van der Waals surface area contributed by atoms with Crippen LogP contribution in [0.3, 0.4) is 0 Å². The normalized spacial score (nSPS) is 12.7. The Morgan fingerprint density at radius 3 is 2.13 bits per heavy atom. The summed E-state index contributed by atoms with van der Waals surface area (Å²) in [6.07, 6.45) is 0. The minimum Gasteiger partial charge on any atom is -0.506 e. The van der Waals surface area contributed by atoms with Crippen molar-refractivity contribution in [1.29, 1.82) is 0 Å². The SMILES string of the molecule is O=S(=O)(O)c1cc(S(=O)(=O)O)c2c(/N=N/c3cccc4ccccc34)c(O)ccc2c1. The zero-order valence-corrected chi connectivity index (χ0v) is 17.2. The molecular formula is C20H14N2O7S2. The second-order valence-electron chi connectivity index (χ2n) is 6.60. The number of aromatic hydroxyl groups is 1. The van der Waals surface area contributed by atoms with Crippen molar-refractivity contribution in [2.45, 2.75) is 9.79 Å². The van der Waals surface area contributed by atoms with Crippen molar-refractivity contribution < 1.29 is 31.0 Å². The molecule has 0 spiro atoms. The Balaban J connectivity index is 2.02. The van der Waals surface area contributed by atoms with Gasteiger partial charge in [-0.1, -0.05) is 42.5 Å². The van der Waals surface area contributed by atoms with E-state index in [-0.39, 0.29) is 16.5 Å². The number of nitrogens with zero attached hydrogens (tertiary/aromatic N) is 2. The second kappa shape index (κ2) is 7.39. The zero-order valence-electron chi connectivity index (χ0n) is 15.5. The molecule has 3 N–H and O–H groups in total. The van der Waals surface area contributed by atoms with Crippen molar-refractivity contribution in [3.8, 4) is 5.75 Å². The molecule has 9 nitrogen and oxygen atoms in total. The summed E-state index contributed by atoms with van der Waals surface area (Å²) in [4.78, 5) is -1.59. The predicted molar refractivity (Wildman–Crippen MR) is 113 cm³/mol. The first-order valence-corrected chi connectivity index (χ1v) is 11.6. The van der Waals surface area contributed by atoms with Gasteiger partial charge in [-0.05, 0) is 35.0 Å². The van der Waals surface area contributed by atoms with E-state index >= 15 is 0 Å². The fourth-order valence-corrected chi connectivity index (χ4v) is 4.59. The van der Waals surface area contributed by atoms with Crippen LogP contribution < -0.4 is 0 Å². The second-order valence-corrected chi connectivity index (χ2v) is 9.41. The Bertz CT molecular complexity index is 1590. The first kappa shape index (κ1) is 20.9. The average Bonchev–Trinajstić information content (AvgIpc) is 2.71. The third-order valence-electron chi connectivity index (χ3n) is 4.61. The quantitative estimate of drug-likeness (QED) is 0.298. The van der Waals surface area contributed by atoms with Crippen LogP contribution in [0, 0.1) is 0 Å². The van der Waals surface area contributed by atoms with E-state index in [2.05, 4.69) is 10.2 Å². The summed E-state index contributed by atoms with van der Waals surface area (Å²) in [7, 11) is -9.73. The summed E-state index contributed by atoms with van der Waals surface area (Å²) in [5, 5.41) is 19.8. The van der Waals surface area contributed by atoms with Crippen LogP contribution in [0.5, 0.6) is 5.75 Å². The van der Waals surface area contributed by atoms with Gasteiger partial charge in [0.2, 0.25) is 0 Å². The molecule has 0 radical (unpaired) electrons. The summed E-state index contributed by atoms with van der Waals surface area (Å²) in [5.41, 5.74) is 0.150. The van der Waals surface area contributed by atoms with Gasteiger partial charge in [0.25, 0.3) is 20.2 Å². The highest BCUT2D eigenvalue weighted by Crippen LogP contribution is 2.41. The summed E-state index contributed by atoms with van der Waals surface area (Å²) in [6.45, 7) is 0. The molecule has 0 atom stereocenters. The number of hydrogen-bond donors (Lipinski definition) is 3. The molecule has 11 heteroatoms. The van der Waals surface area contributed by atoms with E-state index in [1.807, 2.05) is 30.3 Å². The topological polar surface area (TPSA) is 154 Å². The highest BCUT2D eigenvalue weighted by molar-refractivity contribution is 7.86. The molecule has 0 fully saturated rings. The van der Waals surface area contributed by atoms with Gasteiger partial charge in [-0.25, -0.2) is 0 Å². The molecular weight excluding hydrogens is 444 g/mol. The maximum atomic E-state index is 12.0. The highest BCUT2D eigenvalue weighted by Gasteiger charge is 2.24. The molecule has 0 saturated heterocycles. The lowest BCUT2D eigenvalue weighted by Crippen LogP contribution is -2.04. The fraction of sp³-hybridized carbons (Fsp3) is 0. The number of hydrogen-bond acceptors (Lipinski definition) is 7. The molecule has 0 aliphatic carbocycles. The molecule has 0 saturated carbocycles. The van der Waals surface area contributed by atoms with Crippen LogP contribution in [0.15, 0.2) is 86.7 Å². The molecule has 0 aliphatic rings. The van der Waals surface area contributed by atoms with E-state index in [4.69, 9.17) is 0 Å². The Hall–Kier alpha value is -3.38. The van der Waals surface area contributed by atoms with Crippen molar-refractivity contribution in [3.05, 3.63) is 66.7 Å². The lowest BCUT2D eigenvalue weighted by Gasteiger charge is -2.10. The molecule has 0 aromatic heterocycles. The van der Waals surface area contributed by atoms with Crippen molar-refractivity contribution in [1.82, 2.24) is 0 Å². The van der Waals surface area contributed by atoms with Gasteiger partial charge in [-0.3, -0.25) is 9.11 Å². The lowest BCUT2D eigenvalue weighted by atomic mass is 10.1. The van der Waals surface area contributed by atoms with Crippen LogP contribution >= 0.6 is 0 Å². The summed E-state index contributed by atoms with van der Waals surface area (Å²) >= 11 is 0. The summed E-state index contributed by atoms with van der Waals surface area (Å²) in [6, 6.07) is 16.6. The van der Waals surface area contributed by atoms with Crippen molar-refractivity contribution in [3.63, 3.8) is 0 Å². The number of rotatable bonds is 4. The number of fused-ring (bicyclic) bond motifs is 2. The third-order valence-corrected chi connectivity index (χ3v) is 6.32. The minimum absolute atomic E-state index is 0.00702. The van der Waals surface area contributed by atoms with Crippen LogP contribution in [-0.4, -0.2) is 31.0 Å². The average molecular weight is 458 g/mol. The predicted octanol–water partition coefficient (Wildman–Crippen LogP) is 4.61. The molecule has 0 bridgehead atoms. The van der Waals surface area contributed by atoms with E-state index in [1.54, 1.807) is 12.1 Å². The Kier molecular flexibility index (Phi) is 4.98. The van der Waals surface area contributed by atoms with E-state index in [0.29, 0.717) is 11.8 Å². The van der Waals surface area contributed by atoms with Gasteiger partial charge < -0.3 is 5.11 Å². The van der Waals surface area contributed by atoms with Crippen LogP contribution in [0.25, 0.3) is 21.5 Å². The van der Waals surface area contributed by atoms with Gasteiger partial charge in [0, 0.05) is 10.8 Å². The highest BCUT2D eigenvalue weighted by atomic mass is 32.2. The summed E-state index contributed by atoms with van der Waals surface area (Å²) in [5.74, 6) is -0.444. The van der Waals surface area contributed by atoms with E-state index < -0.39 is 35.8 Å². The third kappa shape index (κ3) is 3.99. The van der Waals surface area contributed by atoms with Gasteiger partial charge >= 0.3 is 0 Å². The van der Waals surface area contributed by atoms with Gasteiger partial charge in [-0.2, -0.15) is 16.8 Å². The van der Waals surface area contributed by atoms with Crippen LogP contribution in [-0.2, 0) is 20.2 Å². The molecule has 0 amide bonds. The molecule has 4 aromatic carbocycles. The minimum atomic E-state index is -4.96. The van der Waals surface area contributed by atoms with E-state index in [0.717, 1.165) is 16.8 Å². The molecule has 158 valence electrons. The van der Waals surface area contributed by atoms with Crippen LogP contribution in [0.2, 0.25) is 0 Å². The standard InChI is InChI=1S/C20H14N2O7S2/c23-17-9-8-13-10-14(30(24,25)26)11-18(31(27,28)29)19(13)20(17)22-21-16-7-3-5-12-4-1-2-6-15(12)16/h1-11,23H,(H,24,25,26)(H,27,28,29)/b22-21+. The maximum Gasteiger partial charge on any atom is 0.295 e. The van der Waals surface area contributed by atoms with Crippen molar-refractivity contribution in [2.75, 3.05) is 0 Å². The zero-order chi connectivity index (χ0) is 22.4. The maximum absolute atomic E-state index is 12.0. The molecule has 4 rings (SSSR count). The van der Waals surface area contributed by atoms with Gasteiger partial charge in [0.15, 0.2) is 0 Å². The van der Waals surface area contributed by atoms with Crippen molar-refractivity contribution >= 4 is 53.2 Å². The Labute approximate surface area is 176 Å². The van der Waals surface area contributed by atoms with E-state index in [1.165, 1.54) is 12.1 Å². The van der Waals surface area contributed by atoms with E-state index in [9.17, 15) is 31.0 Å². The number of benzene rings is 4. The van der Waals surface area contributed by atoms with Gasteiger partial charge in [0.05, 0.1) is 10.6 Å². The van der Waals surface area contributed by atoms with Gasteiger partial charge in [0.1, 0.15) is 16.3 Å². The molecule has 0 unspecified atom stereocenters. The smallest absolute Gasteiger partial charge is 0.295 e. The molecule has 31 heavy (non-hydrogen) atoms. The first-order chi connectivity index (χ1) is 14.6. The van der Waals surface area contributed by atoms with Crippen LogP contribution in [0.4, 0.5) is 11.4 Å². The fourth-order valence-electron chi connectivity index (χ4n) is 3.22. The molecule has 4 aromatic rings. The van der Waals surface area contributed by atoms with Gasteiger partial charge in [-0.15, -0.1) is 10.2 Å². The number of azo groups is 1. The molecule has 0 heterocycles. The molecule has 0 aliphatic heterocycles.